The van der Waals surface area contributed by atoms with E-state index in [1.807, 2.05) is 17.2 Å². The van der Waals surface area contributed by atoms with Crippen LogP contribution in [0.1, 0.15) is 5.56 Å². The lowest BCUT2D eigenvalue weighted by atomic mass is 10.1. The molecule has 1 saturated heterocycles. The first kappa shape index (κ1) is 19.8. The Balaban J connectivity index is 2.09. The molecule has 1 aliphatic rings. The van der Waals surface area contributed by atoms with E-state index in [4.69, 9.17) is 9.47 Å². The molecule has 1 aliphatic heterocycles. The highest BCUT2D eigenvalue weighted by Crippen LogP contribution is 2.35. The molecule has 8 nitrogen and oxygen atoms in total. The fourth-order valence-electron chi connectivity index (χ4n) is 3.08. The molecule has 2 aromatic rings. The number of aromatic nitrogens is 2. The number of nitrogens with zero attached hydrogens (tertiary/aromatic N) is 5. The van der Waals surface area contributed by atoms with Gasteiger partial charge in [0.1, 0.15) is 11.6 Å². The number of methoxy groups -OCH3 is 2. The van der Waals surface area contributed by atoms with Gasteiger partial charge >= 0.3 is 0 Å². The summed E-state index contributed by atoms with van der Waals surface area (Å²) in [4.78, 5) is 23.9. The van der Waals surface area contributed by atoms with Gasteiger partial charge in [-0.1, -0.05) is 11.8 Å². The molecule has 0 bridgehead atoms. The third-order valence-corrected chi connectivity index (χ3v) is 5.13. The van der Waals surface area contributed by atoms with Crippen molar-refractivity contribution < 1.29 is 14.3 Å². The molecule has 0 aliphatic carbocycles. The number of piperazine rings is 1. The first-order valence-corrected chi connectivity index (χ1v) is 9.90. The van der Waals surface area contributed by atoms with Crippen molar-refractivity contribution in [3.63, 3.8) is 0 Å². The van der Waals surface area contributed by atoms with Crippen LogP contribution < -0.4 is 14.4 Å². The number of carbonyl (C=O) groups is 1. The van der Waals surface area contributed by atoms with E-state index in [1.54, 1.807) is 31.3 Å². The van der Waals surface area contributed by atoms with Gasteiger partial charge in [0, 0.05) is 31.7 Å². The van der Waals surface area contributed by atoms with Crippen LogP contribution in [-0.2, 0) is 4.79 Å². The fraction of sp³-hybridized carbons (Fsp3) is 0.368. The van der Waals surface area contributed by atoms with Crippen molar-refractivity contribution in [1.29, 1.82) is 5.26 Å². The van der Waals surface area contributed by atoms with Gasteiger partial charge < -0.3 is 19.3 Å². The lowest BCUT2D eigenvalue weighted by Gasteiger charge is -2.34. The molecule has 0 atom stereocenters. The second-order valence-electron chi connectivity index (χ2n) is 6.07. The molecular weight excluding hydrogens is 378 g/mol. The summed E-state index contributed by atoms with van der Waals surface area (Å²) < 4.78 is 10.7. The van der Waals surface area contributed by atoms with Crippen molar-refractivity contribution in [3.8, 4) is 28.8 Å². The zero-order valence-corrected chi connectivity index (χ0v) is 16.8. The largest absolute Gasteiger partial charge is 0.493 e. The molecule has 2 heterocycles. The highest BCUT2D eigenvalue weighted by atomic mass is 32.2. The van der Waals surface area contributed by atoms with Crippen molar-refractivity contribution in [1.82, 2.24) is 14.9 Å². The summed E-state index contributed by atoms with van der Waals surface area (Å²) in [7, 11) is 3.14. The molecule has 0 spiro atoms. The van der Waals surface area contributed by atoms with Gasteiger partial charge in [-0.15, -0.1) is 0 Å². The Kier molecular flexibility index (Phi) is 6.21. The van der Waals surface area contributed by atoms with Crippen LogP contribution in [0.3, 0.4) is 0 Å². The minimum atomic E-state index is 0.407. The molecular formula is C19H21N5O3S. The van der Waals surface area contributed by atoms with E-state index in [9.17, 15) is 10.1 Å². The number of hydrogen-bond donors (Lipinski definition) is 0. The van der Waals surface area contributed by atoms with Crippen molar-refractivity contribution in [2.24, 2.45) is 0 Å². The Morgan fingerprint density at radius 2 is 1.86 bits per heavy atom. The van der Waals surface area contributed by atoms with Crippen LogP contribution in [0.4, 0.5) is 5.82 Å². The quantitative estimate of drug-likeness (QED) is 0.414. The SMILES string of the molecule is COc1ccc(-c2nc(SC)nc(N3CCN(C=O)CC3)c2C#N)cc1OC. The Morgan fingerprint density at radius 1 is 1.14 bits per heavy atom. The second kappa shape index (κ2) is 8.80. The normalized spacial score (nSPS) is 13.8. The zero-order chi connectivity index (χ0) is 20.1. The maximum atomic E-state index is 11.0. The molecule has 1 amide bonds. The summed E-state index contributed by atoms with van der Waals surface area (Å²) in [5.41, 5.74) is 1.71. The van der Waals surface area contributed by atoms with Crippen molar-refractivity contribution >= 4 is 24.0 Å². The second-order valence-corrected chi connectivity index (χ2v) is 6.84. The van der Waals surface area contributed by atoms with E-state index in [1.165, 1.54) is 11.8 Å². The van der Waals surface area contributed by atoms with Gasteiger partial charge in [0.05, 0.1) is 19.9 Å². The maximum Gasteiger partial charge on any atom is 0.209 e. The number of amides is 1. The number of carbonyl (C=O) groups excluding carboxylic acids is 1. The number of anilines is 1. The van der Waals surface area contributed by atoms with Gasteiger partial charge in [-0.2, -0.15) is 5.26 Å². The van der Waals surface area contributed by atoms with E-state index in [2.05, 4.69) is 16.0 Å². The van der Waals surface area contributed by atoms with Crippen LogP contribution in [0, 0.1) is 11.3 Å². The van der Waals surface area contributed by atoms with Crippen molar-refractivity contribution in [2.75, 3.05) is 51.6 Å². The van der Waals surface area contributed by atoms with E-state index in [0.29, 0.717) is 59.9 Å². The minimum absolute atomic E-state index is 0.407. The van der Waals surface area contributed by atoms with Gasteiger partial charge in [0.25, 0.3) is 0 Å². The lowest BCUT2D eigenvalue weighted by Crippen LogP contribution is -2.46. The Labute approximate surface area is 168 Å². The van der Waals surface area contributed by atoms with E-state index in [-0.39, 0.29) is 0 Å². The van der Waals surface area contributed by atoms with Gasteiger partial charge in [-0.25, -0.2) is 9.97 Å². The number of ether oxygens (including phenoxy) is 2. The number of benzene rings is 1. The Morgan fingerprint density at radius 3 is 2.43 bits per heavy atom. The summed E-state index contributed by atoms with van der Waals surface area (Å²) in [6.45, 7) is 2.42. The molecule has 1 aromatic carbocycles. The summed E-state index contributed by atoms with van der Waals surface area (Å²) in [5, 5.41) is 10.5. The third kappa shape index (κ3) is 3.82. The number of hydrogen-bond acceptors (Lipinski definition) is 8. The van der Waals surface area contributed by atoms with E-state index in [0.717, 1.165) is 12.0 Å². The number of thioether (sulfide) groups is 1. The highest BCUT2D eigenvalue weighted by molar-refractivity contribution is 7.98. The van der Waals surface area contributed by atoms with Crippen LogP contribution in [-0.4, -0.2) is 67.9 Å². The van der Waals surface area contributed by atoms with Gasteiger partial charge in [0.15, 0.2) is 22.5 Å². The average molecular weight is 399 g/mol. The molecule has 0 saturated carbocycles. The van der Waals surface area contributed by atoms with Gasteiger partial charge in [-0.05, 0) is 24.5 Å². The molecule has 146 valence electrons. The van der Waals surface area contributed by atoms with Crippen LogP contribution in [0.2, 0.25) is 0 Å². The monoisotopic (exact) mass is 399 g/mol. The van der Waals surface area contributed by atoms with E-state index >= 15 is 0 Å². The van der Waals surface area contributed by atoms with Crippen LogP contribution in [0.25, 0.3) is 11.3 Å². The first-order chi connectivity index (χ1) is 13.6. The first-order valence-electron chi connectivity index (χ1n) is 8.68. The smallest absolute Gasteiger partial charge is 0.209 e. The summed E-state index contributed by atoms with van der Waals surface area (Å²) >= 11 is 1.42. The Bertz CT molecular complexity index is 907. The number of nitriles is 1. The molecule has 28 heavy (non-hydrogen) atoms. The van der Waals surface area contributed by atoms with Crippen molar-refractivity contribution in [3.05, 3.63) is 23.8 Å². The topological polar surface area (TPSA) is 91.6 Å². The maximum absolute atomic E-state index is 11.0. The molecule has 3 rings (SSSR count). The molecule has 0 N–H and O–H groups in total. The van der Waals surface area contributed by atoms with Gasteiger partial charge in [0.2, 0.25) is 6.41 Å². The minimum Gasteiger partial charge on any atom is -0.493 e. The summed E-state index contributed by atoms with van der Waals surface area (Å²) in [6.07, 6.45) is 2.75. The van der Waals surface area contributed by atoms with E-state index < -0.39 is 0 Å². The summed E-state index contributed by atoms with van der Waals surface area (Å²) in [6, 6.07) is 7.72. The predicted molar refractivity (Wildman–Crippen MR) is 107 cm³/mol. The van der Waals surface area contributed by atoms with Gasteiger partial charge in [-0.3, -0.25) is 4.79 Å². The van der Waals surface area contributed by atoms with Crippen LogP contribution in [0.5, 0.6) is 11.5 Å². The fourth-order valence-corrected chi connectivity index (χ4v) is 3.44. The predicted octanol–water partition coefficient (Wildman–Crippen LogP) is 2.03. The number of rotatable bonds is 6. The third-order valence-electron chi connectivity index (χ3n) is 4.58. The lowest BCUT2D eigenvalue weighted by molar-refractivity contribution is -0.118. The zero-order valence-electron chi connectivity index (χ0n) is 16.0. The Hall–Kier alpha value is -2.99. The molecule has 1 fully saturated rings. The summed E-state index contributed by atoms with van der Waals surface area (Å²) in [5.74, 6) is 1.76. The standard InChI is InChI=1S/C19H21N5O3S/c1-26-15-5-4-13(10-16(15)27-2)17-14(11-20)18(22-19(21-17)28-3)24-8-6-23(12-25)7-9-24/h4-5,10,12H,6-9H2,1-3H3. The molecule has 9 heteroatoms. The average Bonchev–Trinajstić information content (AvgIpc) is 2.77. The highest BCUT2D eigenvalue weighted by Gasteiger charge is 2.24. The van der Waals surface area contributed by atoms with Crippen LogP contribution in [0.15, 0.2) is 23.4 Å². The molecule has 0 unspecified atom stereocenters. The van der Waals surface area contributed by atoms with Crippen molar-refractivity contribution in [2.45, 2.75) is 5.16 Å². The van der Waals surface area contributed by atoms with Crippen LogP contribution >= 0.6 is 11.8 Å². The molecule has 0 radical (unpaired) electrons. The molecule has 1 aromatic heterocycles.